The van der Waals surface area contributed by atoms with Crippen molar-refractivity contribution in [2.45, 2.75) is 26.8 Å². The molecular formula is C16H19BrN2. The lowest BCUT2D eigenvalue weighted by atomic mass is 9.96. The first-order chi connectivity index (χ1) is 9.02. The summed E-state index contributed by atoms with van der Waals surface area (Å²) in [6.07, 6.45) is 3.81. The van der Waals surface area contributed by atoms with E-state index in [4.69, 9.17) is 0 Å². The second kappa shape index (κ2) is 5.85. The van der Waals surface area contributed by atoms with E-state index in [1.807, 2.05) is 19.4 Å². The lowest BCUT2D eigenvalue weighted by Gasteiger charge is -2.19. The SMILES string of the molecule is CNC(c1cncc(C)c1)c1cc(C)c(Br)c(C)c1. The second-order valence-electron chi connectivity index (χ2n) is 4.99. The van der Waals surface area contributed by atoms with Gasteiger partial charge in [0.25, 0.3) is 0 Å². The Hall–Kier alpha value is -1.19. The van der Waals surface area contributed by atoms with Gasteiger partial charge in [0.05, 0.1) is 6.04 Å². The monoisotopic (exact) mass is 318 g/mol. The van der Waals surface area contributed by atoms with Crippen LogP contribution in [-0.2, 0) is 0 Å². The Morgan fingerprint density at radius 3 is 2.16 bits per heavy atom. The highest BCUT2D eigenvalue weighted by Crippen LogP contribution is 2.28. The third kappa shape index (κ3) is 3.04. The molecule has 1 atom stereocenters. The van der Waals surface area contributed by atoms with Crippen LogP contribution in [0, 0.1) is 20.8 Å². The molecule has 0 amide bonds. The molecular weight excluding hydrogens is 300 g/mol. The van der Waals surface area contributed by atoms with E-state index in [0.717, 1.165) is 0 Å². The van der Waals surface area contributed by atoms with Crippen LogP contribution in [0.2, 0.25) is 0 Å². The number of hydrogen-bond acceptors (Lipinski definition) is 2. The van der Waals surface area contributed by atoms with Crippen LogP contribution in [0.1, 0.15) is 33.9 Å². The molecule has 1 aromatic heterocycles. The van der Waals surface area contributed by atoms with Gasteiger partial charge in [-0.15, -0.1) is 0 Å². The van der Waals surface area contributed by atoms with Crippen molar-refractivity contribution in [2.75, 3.05) is 7.05 Å². The standard InChI is InChI=1S/C16H19BrN2/c1-10-5-14(9-19-8-10)16(18-4)13-6-11(2)15(17)12(3)7-13/h5-9,16,18H,1-4H3. The van der Waals surface area contributed by atoms with Gasteiger partial charge in [-0.1, -0.05) is 34.1 Å². The molecule has 1 aromatic carbocycles. The molecule has 3 heteroatoms. The van der Waals surface area contributed by atoms with E-state index in [-0.39, 0.29) is 6.04 Å². The van der Waals surface area contributed by atoms with Gasteiger partial charge in [0.2, 0.25) is 0 Å². The van der Waals surface area contributed by atoms with E-state index in [9.17, 15) is 0 Å². The zero-order valence-corrected chi connectivity index (χ0v) is 13.4. The fourth-order valence-corrected chi connectivity index (χ4v) is 2.64. The van der Waals surface area contributed by atoms with Gasteiger partial charge in [-0.2, -0.15) is 0 Å². The van der Waals surface area contributed by atoms with E-state index in [1.165, 1.54) is 32.3 Å². The molecule has 0 bridgehead atoms. The van der Waals surface area contributed by atoms with Crippen LogP contribution in [0.15, 0.2) is 35.1 Å². The summed E-state index contributed by atoms with van der Waals surface area (Å²) in [6, 6.07) is 6.81. The number of benzene rings is 1. The second-order valence-corrected chi connectivity index (χ2v) is 5.78. The van der Waals surface area contributed by atoms with Gasteiger partial charge in [-0.05, 0) is 55.6 Å². The molecule has 100 valence electrons. The van der Waals surface area contributed by atoms with Crippen molar-refractivity contribution in [3.05, 3.63) is 62.9 Å². The van der Waals surface area contributed by atoms with Crippen molar-refractivity contribution >= 4 is 15.9 Å². The summed E-state index contributed by atoms with van der Waals surface area (Å²) < 4.78 is 1.19. The Bertz CT molecular complexity index is 570. The summed E-state index contributed by atoms with van der Waals surface area (Å²) in [4.78, 5) is 4.29. The number of pyridine rings is 1. The fraction of sp³-hybridized carbons (Fsp3) is 0.312. The Labute approximate surface area is 123 Å². The molecule has 0 saturated carbocycles. The Balaban J connectivity index is 2.48. The summed E-state index contributed by atoms with van der Waals surface area (Å²) in [6.45, 7) is 6.32. The van der Waals surface area contributed by atoms with Crippen LogP contribution in [0.3, 0.4) is 0 Å². The molecule has 0 aliphatic heterocycles. The van der Waals surface area contributed by atoms with Crippen LogP contribution in [0.5, 0.6) is 0 Å². The summed E-state index contributed by atoms with van der Waals surface area (Å²) in [5.41, 5.74) is 6.17. The first kappa shape index (κ1) is 14.2. The normalized spacial score (nSPS) is 12.5. The molecule has 2 rings (SSSR count). The van der Waals surface area contributed by atoms with Crippen LogP contribution in [0.25, 0.3) is 0 Å². The van der Waals surface area contributed by atoms with Crippen LogP contribution >= 0.6 is 15.9 Å². The Morgan fingerprint density at radius 2 is 1.63 bits per heavy atom. The quantitative estimate of drug-likeness (QED) is 0.922. The maximum atomic E-state index is 4.29. The zero-order valence-electron chi connectivity index (χ0n) is 11.8. The fourth-order valence-electron chi connectivity index (χ4n) is 2.41. The van der Waals surface area contributed by atoms with E-state index in [1.54, 1.807) is 0 Å². The summed E-state index contributed by atoms with van der Waals surface area (Å²) in [5.74, 6) is 0. The molecule has 0 radical (unpaired) electrons. The van der Waals surface area contributed by atoms with Crippen LogP contribution in [-0.4, -0.2) is 12.0 Å². The first-order valence-corrected chi connectivity index (χ1v) is 7.17. The molecule has 2 aromatic rings. The number of nitrogens with one attached hydrogen (secondary N) is 1. The minimum absolute atomic E-state index is 0.179. The third-order valence-corrected chi connectivity index (χ3v) is 4.56. The van der Waals surface area contributed by atoms with Crippen molar-refractivity contribution in [3.8, 4) is 0 Å². The summed E-state index contributed by atoms with van der Waals surface area (Å²) >= 11 is 3.62. The van der Waals surface area contributed by atoms with Crippen molar-refractivity contribution < 1.29 is 0 Å². The Kier molecular flexibility index (Phi) is 4.38. The number of aryl methyl sites for hydroxylation is 3. The minimum atomic E-state index is 0.179. The van der Waals surface area contributed by atoms with E-state index >= 15 is 0 Å². The summed E-state index contributed by atoms with van der Waals surface area (Å²) in [5, 5.41) is 3.38. The average Bonchev–Trinajstić information content (AvgIpc) is 2.37. The third-order valence-electron chi connectivity index (χ3n) is 3.31. The molecule has 2 nitrogen and oxygen atoms in total. The topological polar surface area (TPSA) is 24.9 Å². The molecule has 19 heavy (non-hydrogen) atoms. The lowest BCUT2D eigenvalue weighted by molar-refractivity contribution is 0.686. The molecule has 0 aliphatic rings. The maximum Gasteiger partial charge on any atom is 0.0589 e. The van der Waals surface area contributed by atoms with Gasteiger partial charge in [-0.3, -0.25) is 4.98 Å². The number of aromatic nitrogens is 1. The summed E-state index contributed by atoms with van der Waals surface area (Å²) in [7, 11) is 1.99. The maximum absolute atomic E-state index is 4.29. The number of nitrogens with zero attached hydrogens (tertiary/aromatic N) is 1. The first-order valence-electron chi connectivity index (χ1n) is 6.38. The van der Waals surface area contributed by atoms with Gasteiger partial charge in [0.1, 0.15) is 0 Å². The molecule has 1 N–H and O–H groups in total. The largest absolute Gasteiger partial charge is 0.309 e. The van der Waals surface area contributed by atoms with Crippen molar-refractivity contribution in [1.29, 1.82) is 0 Å². The van der Waals surface area contributed by atoms with E-state index in [0.29, 0.717) is 0 Å². The average molecular weight is 319 g/mol. The van der Waals surface area contributed by atoms with Gasteiger partial charge in [0, 0.05) is 16.9 Å². The Morgan fingerprint density at radius 1 is 1.00 bits per heavy atom. The molecule has 0 aliphatic carbocycles. The van der Waals surface area contributed by atoms with Gasteiger partial charge < -0.3 is 5.32 Å². The van der Waals surface area contributed by atoms with Crippen LogP contribution < -0.4 is 5.32 Å². The predicted octanol–water partition coefficient (Wildman–Crippen LogP) is 4.08. The lowest BCUT2D eigenvalue weighted by Crippen LogP contribution is -2.18. The van der Waals surface area contributed by atoms with E-state index in [2.05, 4.69) is 65.2 Å². The van der Waals surface area contributed by atoms with E-state index < -0.39 is 0 Å². The smallest absolute Gasteiger partial charge is 0.0589 e. The number of rotatable bonds is 3. The van der Waals surface area contributed by atoms with Gasteiger partial charge in [0.15, 0.2) is 0 Å². The molecule has 0 saturated heterocycles. The minimum Gasteiger partial charge on any atom is -0.309 e. The van der Waals surface area contributed by atoms with Gasteiger partial charge in [-0.25, -0.2) is 0 Å². The van der Waals surface area contributed by atoms with Crippen LogP contribution in [0.4, 0.5) is 0 Å². The van der Waals surface area contributed by atoms with Gasteiger partial charge >= 0.3 is 0 Å². The predicted molar refractivity (Wildman–Crippen MR) is 83.5 cm³/mol. The highest BCUT2D eigenvalue weighted by atomic mass is 79.9. The number of hydrogen-bond donors (Lipinski definition) is 1. The van der Waals surface area contributed by atoms with Crippen molar-refractivity contribution in [3.63, 3.8) is 0 Å². The highest BCUT2D eigenvalue weighted by molar-refractivity contribution is 9.10. The molecule has 1 heterocycles. The molecule has 0 spiro atoms. The van der Waals surface area contributed by atoms with Crippen molar-refractivity contribution in [2.24, 2.45) is 0 Å². The zero-order chi connectivity index (χ0) is 14.0. The highest BCUT2D eigenvalue weighted by Gasteiger charge is 2.14. The molecule has 0 fully saturated rings. The molecule has 1 unspecified atom stereocenters. The van der Waals surface area contributed by atoms with Crippen molar-refractivity contribution in [1.82, 2.24) is 10.3 Å². The number of halogens is 1.